The highest BCUT2D eigenvalue weighted by Crippen LogP contribution is 2.52. The summed E-state index contributed by atoms with van der Waals surface area (Å²) in [6.07, 6.45) is -6.75. The zero-order valence-corrected chi connectivity index (χ0v) is 45.9. The van der Waals surface area contributed by atoms with Crippen LogP contribution in [-0.2, 0) is 33.3 Å². The molecule has 410 valence electrons. The van der Waals surface area contributed by atoms with Crippen molar-refractivity contribution in [3.05, 3.63) is 128 Å². The monoisotopic (exact) mass is 1100 g/mol. The average Bonchev–Trinajstić information content (AvgIpc) is 3.40. The van der Waals surface area contributed by atoms with Crippen molar-refractivity contribution in [2.24, 2.45) is 10.8 Å². The van der Waals surface area contributed by atoms with E-state index in [0.717, 1.165) is 23.1 Å². The minimum absolute atomic E-state index is 0.0760. The number of ketones is 2. The Bertz CT molecular complexity index is 3150. The van der Waals surface area contributed by atoms with Crippen molar-refractivity contribution >= 4 is 34.8 Å². The summed E-state index contributed by atoms with van der Waals surface area (Å²) in [4.78, 5) is 63.0. The molecule has 6 aromatic rings. The molecule has 2 aliphatic carbocycles. The summed E-state index contributed by atoms with van der Waals surface area (Å²) < 4.78 is 89.1. The van der Waals surface area contributed by atoms with Crippen LogP contribution in [0.4, 0.5) is 26.3 Å². The zero-order chi connectivity index (χ0) is 56.1. The number of aryl methyl sites for hydroxylation is 2. The van der Waals surface area contributed by atoms with Crippen LogP contribution in [0.25, 0.3) is 45.6 Å². The van der Waals surface area contributed by atoms with Crippen LogP contribution in [0.1, 0.15) is 141 Å². The van der Waals surface area contributed by atoms with Crippen LogP contribution in [0.15, 0.2) is 89.7 Å². The van der Waals surface area contributed by atoms with Crippen molar-refractivity contribution < 1.29 is 40.7 Å². The van der Waals surface area contributed by atoms with Gasteiger partial charge in [-0.15, -0.1) is 0 Å². The molecule has 0 unspecified atom stereocenters. The van der Waals surface area contributed by atoms with Crippen LogP contribution >= 0.6 is 23.2 Å². The van der Waals surface area contributed by atoms with Crippen LogP contribution in [0.2, 0.25) is 10.0 Å². The van der Waals surface area contributed by atoms with Crippen LogP contribution in [-0.4, -0.2) is 60.9 Å². The van der Waals surface area contributed by atoms with E-state index in [1.807, 2.05) is 48.5 Å². The van der Waals surface area contributed by atoms with E-state index in [2.05, 4.69) is 71.4 Å². The quantitative estimate of drug-likeness (QED) is 0.112. The number of benzene rings is 4. The molecule has 0 amide bonds. The van der Waals surface area contributed by atoms with Crippen molar-refractivity contribution in [3.63, 3.8) is 0 Å². The van der Waals surface area contributed by atoms with Crippen molar-refractivity contribution in [1.82, 2.24) is 29.9 Å². The average molecular weight is 1110 g/mol. The molecular weight excluding hydrogens is 1040 g/mol. The zero-order valence-electron chi connectivity index (χ0n) is 44.4. The number of carbonyl (C=O) groups excluding carboxylic acids is 2. The maximum absolute atomic E-state index is 14.0. The number of aromatic amines is 1. The number of aromatic nitrogens is 6. The lowest BCUT2D eigenvalue weighted by Gasteiger charge is -2.37. The van der Waals surface area contributed by atoms with Gasteiger partial charge in [0.25, 0.3) is 0 Å². The number of halogens is 8. The molecule has 0 atom stereocenters. The lowest BCUT2D eigenvalue weighted by Crippen LogP contribution is -2.46. The van der Waals surface area contributed by atoms with Gasteiger partial charge in [-0.25, -0.2) is 14.8 Å². The van der Waals surface area contributed by atoms with E-state index < -0.39 is 40.4 Å². The summed E-state index contributed by atoms with van der Waals surface area (Å²) in [5.74, 6) is -0.403. The molecule has 18 heteroatoms. The first-order valence-corrected chi connectivity index (χ1v) is 26.7. The molecule has 77 heavy (non-hydrogen) atoms. The summed E-state index contributed by atoms with van der Waals surface area (Å²) in [6, 6.07) is 25.6. The first-order valence-electron chi connectivity index (χ1n) is 25.9. The Labute approximate surface area is 455 Å². The van der Waals surface area contributed by atoms with E-state index in [4.69, 9.17) is 27.9 Å². The van der Waals surface area contributed by atoms with Gasteiger partial charge in [0.05, 0.1) is 17.2 Å². The van der Waals surface area contributed by atoms with E-state index in [-0.39, 0.29) is 85.7 Å². The minimum atomic E-state index is -4.56. The molecule has 4 aromatic carbocycles. The topological polar surface area (TPSA) is 141 Å². The van der Waals surface area contributed by atoms with Gasteiger partial charge in [-0.1, -0.05) is 152 Å². The Morgan fingerprint density at radius 2 is 0.987 bits per heavy atom. The van der Waals surface area contributed by atoms with Crippen LogP contribution in [0.5, 0.6) is 6.01 Å². The fraction of sp³-hybridized carbons (Fsp3) is 0.458. The number of rotatable bonds is 13. The molecule has 2 fully saturated rings. The second-order valence-corrected chi connectivity index (χ2v) is 23.0. The molecule has 0 spiro atoms. The lowest BCUT2D eigenvalue weighted by atomic mass is 9.69. The summed E-state index contributed by atoms with van der Waals surface area (Å²) in [5, 5.41) is 0.676. The number of carbonyl (C=O) groups is 2. The van der Waals surface area contributed by atoms with Crippen molar-refractivity contribution in [1.29, 1.82) is 0 Å². The number of alkyl halides is 6. The van der Waals surface area contributed by atoms with Crippen LogP contribution in [0.3, 0.4) is 0 Å². The predicted octanol–water partition coefficient (Wildman–Crippen LogP) is 15.6. The van der Waals surface area contributed by atoms with Crippen molar-refractivity contribution in [2.45, 2.75) is 155 Å². The third-order valence-electron chi connectivity index (χ3n) is 14.8. The van der Waals surface area contributed by atoms with Gasteiger partial charge in [0.15, 0.2) is 17.5 Å². The summed E-state index contributed by atoms with van der Waals surface area (Å²) in [5.41, 5.74) is 0.532. The van der Waals surface area contributed by atoms with Gasteiger partial charge in [0.1, 0.15) is 28.2 Å². The molecule has 0 saturated heterocycles. The number of H-pyrrole nitrogens is 1. The Morgan fingerprint density at radius 1 is 0.558 bits per heavy atom. The van der Waals surface area contributed by atoms with Gasteiger partial charge in [0.2, 0.25) is 0 Å². The number of nitrogens with zero attached hydrogens (tertiary/aromatic N) is 5. The Balaban J connectivity index is 0.000000224. The molecule has 8 rings (SSSR count). The standard InChI is InChI=1S/C30H33ClF3N3O2.C29H31ClF3N3O2/c1-28(2,3)21-10-8-9-20(18-21)25-35-26(37-27(36-25)39-4)22-17-19(11-13-23(22)31)12-14-24(38)29(30(32,33)34)15-6-5-7-16-29;1-27(2,3)20-9-7-8-19(17-20)24-34-25(36-26(38)35-24)21-16-18(10-12-22(21)30)11-13-23(37)28(29(31,32)33)14-5-4-6-15-28/h8-11,13,17-18H,5-7,12,14-16H2,1-4H3;7-10,12,16-17H,4-6,11,13-15H2,1-3H3,(H,34,35,36,38). The fourth-order valence-electron chi connectivity index (χ4n) is 10.1. The molecule has 2 heterocycles. The smallest absolute Gasteiger partial charge is 0.401 e. The number of nitrogens with one attached hydrogen (secondary N) is 1. The Hall–Kier alpha value is -6.00. The summed E-state index contributed by atoms with van der Waals surface area (Å²) >= 11 is 13.0. The molecule has 10 nitrogen and oxygen atoms in total. The second-order valence-electron chi connectivity index (χ2n) is 22.2. The van der Waals surface area contributed by atoms with E-state index in [1.54, 1.807) is 36.4 Å². The van der Waals surface area contributed by atoms with E-state index in [1.165, 1.54) is 7.11 Å². The third kappa shape index (κ3) is 13.6. The van der Waals surface area contributed by atoms with Crippen molar-refractivity contribution in [2.75, 3.05) is 7.11 Å². The van der Waals surface area contributed by atoms with E-state index >= 15 is 0 Å². The number of ether oxygens (including phenoxy) is 1. The fourth-order valence-corrected chi connectivity index (χ4v) is 10.6. The maximum atomic E-state index is 14.0. The maximum Gasteiger partial charge on any atom is 0.401 e. The van der Waals surface area contributed by atoms with Crippen LogP contribution < -0.4 is 10.4 Å². The first kappa shape index (κ1) is 58.7. The SMILES string of the molecule is CC(C)(C)c1cccc(-c2nc(-c3cc(CCC(=O)C4(C(F)(F)F)CCCCC4)ccc3Cl)[nH]c(=O)n2)c1.COc1nc(-c2cccc(C(C)(C)C)c2)nc(-c2cc(CCC(=O)C3(C(F)(F)F)CCCCC3)ccc2Cl)n1. The Kier molecular flexibility index (Phi) is 17.9. The summed E-state index contributed by atoms with van der Waals surface area (Å²) in [7, 11) is 1.46. The number of hydrogen-bond donors (Lipinski definition) is 1. The minimum Gasteiger partial charge on any atom is -0.467 e. The molecular formula is C59H64Cl2F6N6O4. The number of methoxy groups -OCH3 is 1. The normalized spacial score (nSPS) is 15.8. The highest BCUT2D eigenvalue weighted by molar-refractivity contribution is 6.33. The van der Waals surface area contributed by atoms with Crippen LogP contribution in [0, 0.1) is 10.8 Å². The van der Waals surface area contributed by atoms with Gasteiger partial charge >= 0.3 is 24.1 Å². The highest BCUT2D eigenvalue weighted by Gasteiger charge is 2.60. The molecule has 1 N–H and O–H groups in total. The van der Waals surface area contributed by atoms with Gasteiger partial charge in [-0.3, -0.25) is 14.6 Å². The van der Waals surface area contributed by atoms with E-state index in [9.17, 15) is 40.7 Å². The number of Topliss-reactive ketones (excluding diaryl/α,β-unsaturated/α-hetero) is 2. The Morgan fingerprint density at radius 3 is 1.43 bits per heavy atom. The second kappa shape index (κ2) is 23.5. The van der Waals surface area contributed by atoms with Gasteiger partial charge in [-0.2, -0.15) is 41.3 Å². The first-order chi connectivity index (χ1) is 36.1. The van der Waals surface area contributed by atoms with Gasteiger partial charge in [0, 0.05) is 35.1 Å². The molecule has 0 aliphatic heterocycles. The molecule has 0 bridgehead atoms. The highest BCUT2D eigenvalue weighted by atomic mass is 35.5. The predicted molar refractivity (Wildman–Crippen MR) is 288 cm³/mol. The molecule has 0 radical (unpaired) electrons. The van der Waals surface area contributed by atoms with Gasteiger partial charge in [-0.05, 0) is 108 Å². The third-order valence-corrected chi connectivity index (χ3v) is 15.5. The molecule has 2 aliphatic rings. The molecule has 2 saturated carbocycles. The largest absolute Gasteiger partial charge is 0.467 e. The molecule has 2 aromatic heterocycles. The lowest BCUT2D eigenvalue weighted by molar-refractivity contribution is -0.230. The van der Waals surface area contributed by atoms with E-state index in [0.29, 0.717) is 75.8 Å². The van der Waals surface area contributed by atoms with Crippen molar-refractivity contribution in [3.8, 4) is 51.6 Å². The van der Waals surface area contributed by atoms with Gasteiger partial charge < -0.3 is 4.74 Å². The number of hydrogen-bond acceptors (Lipinski definition) is 9. The summed E-state index contributed by atoms with van der Waals surface area (Å²) in [6.45, 7) is 12.6.